The highest BCUT2D eigenvalue weighted by atomic mass is 16.3. The second-order valence-corrected chi connectivity index (χ2v) is 6.66. The van der Waals surface area contributed by atoms with Crippen molar-refractivity contribution in [1.82, 2.24) is 15.3 Å². The summed E-state index contributed by atoms with van der Waals surface area (Å²) in [6.07, 6.45) is 3.99. The fourth-order valence-corrected chi connectivity index (χ4v) is 3.51. The summed E-state index contributed by atoms with van der Waals surface area (Å²) in [7, 11) is 1.98. The summed E-state index contributed by atoms with van der Waals surface area (Å²) in [6, 6.07) is 7.96. The van der Waals surface area contributed by atoms with Gasteiger partial charge in [0.25, 0.3) is 0 Å². The molecule has 4 N–H and O–H groups in total. The van der Waals surface area contributed by atoms with Gasteiger partial charge in [0.2, 0.25) is 0 Å². The van der Waals surface area contributed by atoms with E-state index in [1.807, 2.05) is 26.1 Å². The van der Waals surface area contributed by atoms with Crippen molar-refractivity contribution >= 4 is 5.82 Å². The maximum atomic E-state index is 10.2. The SMILES string of the molecule is CNC1CCC(c2nc(-c3cc(C)ccc3O)nc(N)c2C#N)CC1. The minimum absolute atomic E-state index is 0.111. The average molecular weight is 337 g/mol. The largest absolute Gasteiger partial charge is 0.507 e. The number of benzene rings is 1. The minimum Gasteiger partial charge on any atom is -0.507 e. The summed E-state index contributed by atoms with van der Waals surface area (Å²) in [6.45, 7) is 1.94. The third kappa shape index (κ3) is 3.42. The van der Waals surface area contributed by atoms with Crippen molar-refractivity contribution in [3.05, 3.63) is 35.0 Å². The van der Waals surface area contributed by atoms with Crippen molar-refractivity contribution < 1.29 is 5.11 Å². The minimum atomic E-state index is 0.111. The lowest BCUT2D eigenvalue weighted by atomic mass is 9.82. The first-order valence-corrected chi connectivity index (χ1v) is 8.58. The number of phenolic OH excluding ortho intramolecular Hbond substituents is 1. The number of aryl methyl sites for hydroxylation is 1. The zero-order valence-electron chi connectivity index (χ0n) is 14.6. The first-order chi connectivity index (χ1) is 12.0. The highest BCUT2D eigenvalue weighted by Crippen LogP contribution is 2.36. The van der Waals surface area contributed by atoms with Crippen LogP contribution in [0, 0.1) is 18.3 Å². The van der Waals surface area contributed by atoms with E-state index in [1.165, 1.54) is 0 Å². The summed E-state index contributed by atoms with van der Waals surface area (Å²) in [5.41, 5.74) is 8.66. The van der Waals surface area contributed by atoms with Crippen LogP contribution in [0.5, 0.6) is 5.75 Å². The number of nitrogens with two attached hydrogens (primary N) is 1. The monoisotopic (exact) mass is 337 g/mol. The third-order valence-corrected chi connectivity index (χ3v) is 4.99. The Hall–Kier alpha value is -2.65. The van der Waals surface area contributed by atoms with Crippen LogP contribution in [0.15, 0.2) is 18.2 Å². The summed E-state index contributed by atoms with van der Waals surface area (Å²) >= 11 is 0. The lowest BCUT2D eigenvalue weighted by Gasteiger charge is -2.28. The molecule has 1 aliphatic carbocycles. The second-order valence-electron chi connectivity index (χ2n) is 6.66. The van der Waals surface area contributed by atoms with E-state index in [2.05, 4.69) is 21.4 Å². The number of nitrogens with one attached hydrogen (secondary N) is 1. The van der Waals surface area contributed by atoms with Gasteiger partial charge in [-0.25, -0.2) is 9.97 Å². The Balaban J connectivity index is 2.05. The van der Waals surface area contributed by atoms with Gasteiger partial charge in [0, 0.05) is 12.0 Å². The molecule has 130 valence electrons. The molecule has 0 bridgehead atoms. The summed E-state index contributed by atoms with van der Waals surface area (Å²) in [5.74, 6) is 0.859. The molecule has 0 radical (unpaired) electrons. The molecule has 0 spiro atoms. The molecule has 1 heterocycles. The Morgan fingerprint density at radius 1 is 1.24 bits per heavy atom. The maximum Gasteiger partial charge on any atom is 0.165 e. The molecule has 1 aliphatic rings. The van der Waals surface area contributed by atoms with Crippen LogP contribution in [-0.2, 0) is 0 Å². The summed E-state index contributed by atoms with van der Waals surface area (Å²) in [4.78, 5) is 8.93. The van der Waals surface area contributed by atoms with Gasteiger partial charge in [-0.05, 0) is 51.8 Å². The topological polar surface area (TPSA) is 108 Å². The van der Waals surface area contributed by atoms with Crippen molar-refractivity contribution in [3.8, 4) is 23.2 Å². The number of aromatic hydroxyl groups is 1. The normalized spacial score (nSPS) is 20.2. The molecule has 1 saturated carbocycles. The molecular formula is C19H23N5O. The van der Waals surface area contributed by atoms with Crippen molar-refractivity contribution in [1.29, 1.82) is 5.26 Å². The summed E-state index contributed by atoms with van der Waals surface area (Å²) < 4.78 is 0. The summed E-state index contributed by atoms with van der Waals surface area (Å²) in [5, 5.41) is 23.0. The highest BCUT2D eigenvalue weighted by Gasteiger charge is 2.27. The smallest absolute Gasteiger partial charge is 0.165 e. The molecule has 0 amide bonds. The van der Waals surface area contributed by atoms with Crippen molar-refractivity contribution in [2.75, 3.05) is 12.8 Å². The number of aromatic nitrogens is 2. The number of hydrogen-bond donors (Lipinski definition) is 3. The fraction of sp³-hybridized carbons (Fsp3) is 0.421. The number of nitrogen functional groups attached to an aromatic ring is 1. The lowest BCUT2D eigenvalue weighted by Crippen LogP contribution is -2.30. The molecule has 25 heavy (non-hydrogen) atoms. The molecule has 6 heteroatoms. The van der Waals surface area contributed by atoms with E-state index >= 15 is 0 Å². The van der Waals surface area contributed by atoms with Gasteiger partial charge >= 0.3 is 0 Å². The van der Waals surface area contributed by atoms with Crippen molar-refractivity contribution in [2.45, 2.75) is 44.6 Å². The maximum absolute atomic E-state index is 10.2. The van der Waals surface area contributed by atoms with Gasteiger partial charge in [-0.15, -0.1) is 0 Å². The van der Waals surface area contributed by atoms with Gasteiger partial charge in [-0.2, -0.15) is 5.26 Å². The quantitative estimate of drug-likeness (QED) is 0.795. The third-order valence-electron chi connectivity index (χ3n) is 4.99. The molecule has 0 aliphatic heterocycles. The predicted molar refractivity (Wildman–Crippen MR) is 97.1 cm³/mol. The van der Waals surface area contributed by atoms with Crippen LogP contribution in [0.3, 0.4) is 0 Å². The van der Waals surface area contributed by atoms with E-state index in [1.54, 1.807) is 6.07 Å². The van der Waals surface area contributed by atoms with Gasteiger partial charge < -0.3 is 16.2 Å². The van der Waals surface area contributed by atoms with E-state index in [0.29, 0.717) is 28.7 Å². The van der Waals surface area contributed by atoms with Crippen molar-refractivity contribution in [3.63, 3.8) is 0 Å². The molecule has 1 fully saturated rings. The Labute approximate surface area is 147 Å². The zero-order valence-corrected chi connectivity index (χ0v) is 14.6. The Kier molecular flexibility index (Phi) is 4.86. The Morgan fingerprint density at radius 2 is 1.96 bits per heavy atom. The molecule has 1 aromatic carbocycles. The molecule has 1 aromatic heterocycles. The van der Waals surface area contributed by atoms with Gasteiger partial charge in [0.1, 0.15) is 23.2 Å². The standard InChI is InChI=1S/C19H23N5O/c1-11-3-8-16(25)14(9-11)19-23-17(15(10-20)18(21)24-19)12-4-6-13(22-2)7-5-12/h3,8-9,12-13,22,25H,4-7H2,1-2H3,(H2,21,23,24). The average Bonchev–Trinajstić information content (AvgIpc) is 2.63. The second kappa shape index (κ2) is 7.08. The number of anilines is 1. The van der Waals surface area contributed by atoms with Gasteiger partial charge in [-0.1, -0.05) is 11.6 Å². The molecule has 6 nitrogen and oxygen atoms in total. The van der Waals surface area contributed by atoms with Crippen LogP contribution in [0.4, 0.5) is 5.82 Å². The molecular weight excluding hydrogens is 314 g/mol. The fourth-order valence-electron chi connectivity index (χ4n) is 3.51. The molecule has 2 aromatic rings. The lowest BCUT2D eigenvalue weighted by molar-refractivity contribution is 0.354. The molecule has 0 atom stereocenters. The Bertz CT molecular complexity index is 819. The highest BCUT2D eigenvalue weighted by molar-refractivity contribution is 5.67. The number of hydrogen-bond acceptors (Lipinski definition) is 6. The number of rotatable bonds is 3. The van der Waals surface area contributed by atoms with E-state index in [4.69, 9.17) is 5.73 Å². The predicted octanol–water partition coefficient (Wildman–Crippen LogP) is 2.86. The van der Waals surface area contributed by atoms with Gasteiger partial charge in [-0.3, -0.25) is 0 Å². The van der Waals surface area contributed by atoms with Gasteiger partial charge in [0.15, 0.2) is 5.82 Å². The van der Waals surface area contributed by atoms with Crippen LogP contribution in [0.1, 0.15) is 48.4 Å². The first-order valence-electron chi connectivity index (χ1n) is 8.58. The number of nitriles is 1. The van der Waals surface area contributed by atoms with Crippen molar-refractivity contribution in [2.24, 2.45) is 0 Å². The first kappa shape index (κ1) is 17.2. The van der Waals surface area contributed by atoms with E-state index in [9.17, 15) is 10.4 Å². The molecule has 0 saturated heterocycles. The van der Waals surface area contributed by atoms with Gasteiger partial charge in [0.05, 0.1) is 11.3 Å². The van der Waals surface area contributed by atoms with E-state index in [0.717, 1.165) is 31.2 Å². The number of nitrogens with zero attached hydrogens (tertiary/aromatic N) is 3. The van der Waals surface area contributed by atoms with Crippen LogP contribution in [-0.4, -0.2) is 28.2 Å². The number of phenols is 1. The van der Waals surface area contributed by atoms with Crippen LogP contribution in [0.25, 0.3) is 11.4 Å². The molecule has 3 rings (SSSR count). The van der Waals surface area contributed by atoms with E-state index < -0.39 is 0 Å². The molecule has 0 unspecified atom stereocenters. The van der Waals surface area contributed by atoms with E-state index in [-0.39, 0.29) is 17.5 Å². The Morgan fingerprint density at radius 3 is 2.60 bits per heavy atom. The van der Waals surface area contributed by atoms with Crippen LogP contribution in [0.2, 0.25) is 0 Å². The van der Waals surface area contributed by atoms with Crippen LogP contribution < -0.4 is 11.1 Å². The van der Waals surface area contributed by atoms with Crippen LogP contribution >= 0.6 is 0 Å². The zero-order chi connectivity index (χ0) is 18.0.